The smallest absolute Gasteiger partial charge is 0.261 e. The average Bonchev–Trinajstić information content (AvgIpc) is 3.55. The summed E-state index contributed by atoms with van der Waals surface area (Å²) in [5.74, 6) is 1.54. The van der Waals surface area contributed by atoms with Gasteiger partial charge in [-0.1, -0.05) is 48.2 Å². The first-order valence-electron chi connectivity index (χ1n) is 16.6. The number of aliphatic imine (C=N–C) groups is 1. The topological polar surface area (TPSA) is 95.0 Å². The molecule has 0 aromatic heterocycles. The van der Waals surface area contributed by atoms with Crippen LogP contribution in [0.15, 0.2) is 53.5 Å². The molecule has 4 heterocycles. The third-order valence-electron chi connectivity index (χ3n) is 9.57. The van der Waals surface area contributed by atoms with E-state index in [0.29, 0.717) is 47.0 Å². The summed E-state index contributed by atoms with van der Waals surface area (Å²) in [5, 5.41) is 1.69. The van der Waals surface area contributed by atoms with Crippen molar-refractivity contribution >= 4 is 68.7 Å². The molecule has 0 radical (unpaired) electrons. The van der Waals surface area contributed by atoms with Crippen molar-refractivity contribution in [3.8, 4) is 11.5 Å². The van der Waals surface area contributed by atoms with Crippen molar-refractivity contribution in [3.63, 3.8) is 0 Å². The third kappa shape index (κ3) is 6.40. The van der Waals surface area contributed by atoms with E-state index in [1.54, 1.807) is 24.9 Å². The van der Waals surface area contributed by atoms with Crippen LogP contribution in [0.1, 0.15) is 56.8 Å². The van der Waals surface area contributed by atoms with Crippen LogP contribution in [0, 0.1) is 0 Å². The second-order valence-electron chi connectivity index (χ2n) is 12.5. The predicted octanol–water partition coefficient (Wildman–Crippen LogP) is 5.26. The number of rotatable bonds is 10. The monoisotopic (exact) mass is 685 g/mol. The molecule has 0 bridgehead atoms. The molecule has 0 N–H and O–H groups in total. The number of hydrogen-bond donors (Lipinski definition) is 0. The molecule has 2 fully saturated rings. The van der Waals surface area contributed by atoms with Crippen LogP contribution in [0.3, 0.4) is 0 Å². The van der Waals surface area contributed by atoms with Crippen LogP contribution in [-0.4, -0.2) is 119 Å². The fourth-order valence-corrected chi connectivity index (χ4v) is 8.24. The Morgan fingerprint density at radius 3 is 2.38 bits per heavy atom. The minimum atomic E-state index is -0.204. The van der Waals surface area contributed by atoms with E-state index in [9.17, 15) is 14.4 Å². The van der Waals surface area contributed by atoms with Crippen LogP contribution in [0.5, 0.6) is 11.5 Å². The number of piperazine rings is 1. The number of carbonyl (C=O) groups is 3. The van der Waals surface area contributed by atoms with Crippen LogP contribution in [0.25, 0.3) is 10.8 Å². The molecule has 250 valence electrons. The highest BCUT2D eigenvalue weighted by Gasteiger charge is 2.34. The highest BCUT2D eigenvalue weighted by molar-refractivity contribution is 8.22. The number of imide groups is 1. The largest absolute Gasteiger partial charge is 0.493 e. The maximum atomic E-state index is 13.2. The molecule has 10 nitrogen and oxygen atoms in total. The van der Waals surface area contributed by atoms with Gasteiger partial charge in [0.05, 0.1) is 31.0 Å². The van der Waals surface area contributed by atoms with Crippen molar-refractivity contribution in [2.24, 2.45) is 4.99 Å². The average molecular weight is 686 g/mol. The third-order valence-corrected chi connectivity index (χ3v) is 11.2. The van der Waals surface area contributed by atoms with Crippen molar-refractivity contribution in [2.75, 3.05) is 65.3 Å². The van der Waals surface area contributed by atoms with Crippen LogP contribution in [-0.2, 0) is 0 Å². The van der Waals surface area contributed by atoms with Gasteiger partial charge in [-0.05, 0) is 55.8 Å². The zero-order valence-corrected chi connectivity index (χ0v) is 28.7. The molecule has 3 amide bonds. The zero-order valence-electron chi connectivity index (χ0n) is 27.1. The summed E-state index contributed by atoms with van der Waals surface area (Å²) in [4.78, 5) is 52.0. The molecule has 0 unspecified atom stereocenters. The first kappa shape index (κ1) is 32.5. The summed E-state index contributed by atoms with van der Waals surface area (Å²) in [6, 6.07) is 14.9. The molecule has 12 heteroatoms. The highest BCUT2D eigenvalue weighted by Crippen LogP contribution is 2.38. The van der Waals surface area contributed by atoms with Gasteiger partial charge in [0.15, 0.2) is 11.5 Å². The molecule has 2 saturated heterocycles. The number of methoxy groups -OCH3 is 1. The first-order chi connectivity index (χ1) is 23.4. The van der Waals surface area contributed by atoms with E-state index in [4.69, 9.17) is 21.7 Å². The molecular weight excluding hydrogens is 647 g/mol. The molecular formula is C36H39N5O5S2. The van der Waals surface area contributed by atoms with Gasteiger partial charge in [-0.2, -0.15) is 0 Å². The molecule has 48 heavy (non-hydrogen) atoms. The second kappa shape index (κ2) is 14.2. The highest BCUT2D eigenvalue weighted by atomic mass is 32.2. The Morgan fingerprint density at radius 2 is 1.65 bits per heavy atom. The zero-order chi connectivity index (χ0) is 33.2. The lowest BCUT2D eigenvalue weighted by Gasteiger charge is -2.36. The van der Waals surface area contributed by atoms with Gasteiger partial charge in [0.1, 0.15) is 4.32 Å². The lowest BCUT2D eigenvalue weighted by Crippen LogP contribution is -2.48. The molecule has 4 aliphatic rings. The number of thiocarbonyl (C=S) groups is 1. The fourth-order valence-electron chi connectivity index (χ4n) is 7.00. The van der Waals surface area contributed by atoms with E-state index >= 15 is 0 Å². The van der Waals surface area contributed by atoms with Crippen molar-refractivity contribution in [3.05, 3.63) is 65.2 Å². The van der Waals surface area contributed by atoms with Gasteiger partial charge in [-0.15, -0.1) is 0 Å². The number of ether oxygens (including phenoxy) is 2. The fraction of sp³-hybridized carbons (Fsp3) is 0.417. The molecule has 4 aliphatic heterocycles. The Hall–Kier alpha value is -4.00. The molecule has 0 spiro atoms. The number of hydrogen-bond acceptors (Lipinski definition) is 9. The van der Waals surface area contributed by atoms with Gasteiger partial charge < -0.3 is 19.3 Å². The lowest BCUT2D eigenvalue weighted by atomic mass is 9.94. The van der Waals surface area contributed by atoms with Gasteiger partial charge in [-0.3, -0.25) is 29.2 Å². The SMILES string of the molecule is COc1cc2c(cc1OCCCSC(=S)N1CCN(CCCN3C(=O)c4cccc5cccc(c45)C3=O)CC1)N=C[C@@H]1CCCN1C2=O. The maximum absolute atomic E-state index is 13.2. The van der Waals surface area contributed by atoms with Crippen molar-refractivity contribution in [2.45, 2.75) is 31.7 Å². The number of benzene rings is 3. The van der Waals surface area contributed by atoms with Crippen molar-refractivity contribution in [1.29, 1.82) is 0 Å². The van der Waals surface area contributed by atoms with Crippen LogP contribution in [0.4, 0.5) is 5.69 Å². The van der Waals surface area contributed by atoms with Crippen LogP contribution in [0.2, 0.25) is 0 Å². The Bertz CT molecular complexity index is 1740. The summed E-state index contributed by atoms with van der Waals surface area (Å²) < 4.78 is 12.5. The standard InChI is InChI=1S/C36H39N5O5S2/c1-45-30-21-28-29(37-23-25-9-4-13-40(25)35(28)44)22-31(30)46-19-6-20-48-36(47)39-17-15-38(16-18-39)12-5-14-41-33(42)26-10-2-7-24-8-3-11-27(32(24)26)34(41)43/h2-3,7-8,10-11,21-23,25H,4-6,9,12-20H2,1H3/t25-/m0/s1. The van der Waals surface area contributed by atoms with Gasteiger partial charge in [0, 0.05) is 73.8 Å². The Labute approximate surface area is 290 Å². The van der Waals surface area contributed by atoms with Crippen LogP contribution < -0.4 is 9.47 Å². The van der Waals surface area contributed by atoms with E-state index in [1.807, 2.05) is 53.6 Å². The molecule has 7 rings (SSSR count). The molecule has 3 aromatic rings. The van der Waals surface area contributed by atoms with Gasteiger partial charge in [0.2, 0.25) is 0 Å². The summed E-state index contributed by atoms with van der Waals surface area (Å²) in [5.41, 5.74) is 2.39. The lowest BCUT2D eigenvalue weighted by molar-refractivity contribution is 0.0600. The number of thioether (sulfide) groups is 1. The second-order valence-corrected chi connectivity index (χ2v) is 14.2. The number of fused-ring (bicyclic) bond motifs is 2. The summed E-state index contributed by atoms with van der Waals surface area (Å²) >= 11 is 7.42. The van der Waals surface area contributed by atoms with Gasteiger partial charge in [-0.25, -0.2) is 0 Å². The molecule has 0 saturated carbocycles. The van der Waals surface area contributed by atoms with Crippen LogP contribution >= 0.6 is 24.0 Å². The normalized spacial score (nSPS) is 19.1. The van der Waals surface area contributed by atoms with E-state index in [-0.39, 0.29) is 23.8 Å². The van der Waals surface area contributed by atoms with Gasteiger partial charge >= 0.3 is 0 Å². The van der Waals surface area contributed by atoms with E-state index < -0.39 is 0 Å². The Balaban J connectivity index is 0.826. The minimum Gasteiger partial charge on any atom is -0.493 e. The van der Waals surface area contributed by atoms with Gasteiger partial charge in [0.25, 0.3) is 17.7 Å². The number of carbonyl (C=O) groups excluding carboxylic acids is 3. The molecule has 0 aliphatic carbocycles. The van der Waals surface area contributed by atoms with E-state index in [0.717, 1.165) is 85.8 Å². The van der Waals surface area contributed by atoms with Crippen molar-refractivity contribution < 1.29 is 23.9 Å². The summed E-state index contributed by atoms with van der Waals surface area (Å²) in [6.45, 7) is 5.94. The predicted molar refractivity (Wildman–Crippen MR) is 192 cm³/mol. The number of amides is 3. The quantitative estimate of drug-likeness (QED) is 0.161. The Morgan fingerprint density at radius 1 is 0.896 bits per heavy atom. The summed E-state index contributed by atoms with van der Waals surface area (Å²) in [6.07, 6.45) is 5.35. The Kier molecular flexibility index (Phi) is 9.65. The van der Waals surface area contributed by atoms with E-state index in [1.165, 1.54) is 4.90 Å². The molecule has 1 atom stereocenters. The van der Waals surface area contributed by atoms with E-state index in [2.05, 4.69) is 14.8 Å². The van der Waals surface area contributed by atoms with Crippen molar-refractivity contribution in [1.82, 2.24) is 19.6 Å². The maximum Gasteiger partial charge on any atom is 0.261 e. The summed E-state index contributed by atoms with van der Waals surface area (Å²) in [7, 11) is 1.59. The molecule has 3 aromatic carbocycles. The number of nitrogens with zero attached hydrogens (tertiary/aromatic N) is 5. The minimum absolute atomic E-state index is 0.00395. The first-order valence-corrected chi connectivity index (χ1v) is 18.0.